The van der Waals surface area contributed by atoms with Crippen LogP contribution < -0.4 is 5.73 Å². The van der Waals surface area contributed by atoms with E-state index in [2.05, 4.69) is 38.2 Å². The van der Waals surface area contributed by atoms with Crippen LogP contribution in [0.4, 0.5) is 0 Å². The molecule has 0 saturated carbocycles. The van der Waals surface area contributed by atoms with Gasteiger partial charge < -0.3 is 20.1 Å². The van der Waals surface area contributed by atoms with Crippen LogP contribution in [-0.2, 0) is 32.7 Å². The zero-order valence-corrected chi connectivity index (χ0v) is 29.5. The van der Waals surface area contributed by atoms with Crippen molar-refractivity contribution in [3.8, 4) is 0 Å². The number of phosphoric acid groups is 1. The molecule has 0 amide bonds. The molecule has 0 aliphatic carbocycles. The highest BCUT2D eigenvalue weighted by atomic mass is 31.2. The van der Waals surface area contributed by atoms with Gasteiger partial charge in [0.1, 0.15) is 6.61 Å². The molecule has 264 valence electrons. The summed E-state index contributed by atoms with van der Waals surface area (Å²) in [6.45, 7) is 3.64. The Morgan fingerprint density at radius 2 is 1.09 bits per heavy atom. The highest BCUT2D eigenvalue weighted by Crippen LogP contribution is 2.43. The Balaban J connectivity index is 4.29. The van der Waals surface area contributed by atoms with Gasteiger partial charge in [-0.1, -0.05) is 102 Å². The van der Waals surface area contributed by atoms with Crippen LogP contribution in [0.15, 0.2) is 24.3 Å². The van der Waals surface area contributed by atoms with Crippen molar-refractivity contribution in [2.24, 2.45) is 5.73 Å². The van der Waals surface area contributed by atoms with E-state index in [9.17, 15) is 19.0 Å². The third kappa shape index (κ3) is 32.2. The second kappa shape index (κ2) is 32.4. The SMILES string of the molecule is CCCCC/C=C/CCCCCCCC(=O)OC[C@H](COP(=O)(O)OCCN)OC(=O)CCCCCCC/C=C/CCCCC. The molecule has 0 rings (SSSR count). The van der Waals surface area contributed by atoms with E-state index in [0.29, 0.717) is 6.42 Å². The Labute approximate surface area is 274 Å². The van der Waals surface area contributed by atoms with Crippen LogP contribution in [0.2, 0.25) is 0 Å². The third-order valence-corrected chi connectivity index (χ3v) is 8.29. The van der Waals surface area contributed by atoms with Crippen molar-refractivity contribution in [1.82, 2.24) is 0 Å². The summed E-state index contributed by atoms with van der Waals surface area (Å²) < 4.78 is 32.5. The summed E-state index contributed by atoms with van der Waals surface area (Å²) in [5.74, 6) is -0.852. The first-order valence-corrected chi connectivity index (χ1v) is 19.3. The van der Waals surface area contributed by atoms with Gasteiger partial charge in [-0.3, -0.25) is 18.6 Å². The average Bonchev–Trinajstić information content (AvgIpc) is 3.02. The standard InChI is InChI=1S/C35H66NO8P/c1-3-5-7-9-11-13-15-17-19-21-23-25-27-34(37)41-31-33(32-43-45(39,40)42-30-29-36)44-35(38)28-26-24-22-20-18-16-14-12-10-8-6-4-2/h11-14,33H,3-10,15-32,36H2,1-2H3,(H,39,40)/b13-11+,14-12+/t33-/m1/s1. The number of rotatable bonds is 33. The molecule has 0 bridgehead atoms. The number of esters is 2. The molecular weight excluding hydrogens is 593 g/mol. The molecule has 0 spiro atoms. The van der Waals surface area contributed by atoms with E-state index in [1.165, 1.54) is 44.9 Å². The summed E-state index contributed by atoms with van der Waals surface area (Å²) in [5, 5.41) is 0. The minimum atomic E-state index is -4.37. The van der Waals surface area contributed by atoms with Crippen molar-refractivity contribution in [3.63, 3.8) is 0 Å². The molecule has 0 fully saturated rings. The van der Waals surface area contributed by atoms with Gasteiger partial charge in [0, 0.05) is 19.4 Å². The molecule has 3 N–H and O–H groups in total. The minimum Gasteiger partial charge on any atom is -0.462 e. The maximum Gasteiger partial charge on any atom is 0.472 e. The van der Waals surface area contributed by atoms with Crippen molar-refractivity contribution in [2.75, 3.05) is 26.4 Å². The minimum absolute atomic E-state index is 0.0514. The monoisotopic (exact) mass is 659 g/mol. The fourth-order valence-corrected chi connectivity index (χ4v) is 5.39. The maximum absolute atomic E-state index is 12.5. The molecular formula is C35H66NO8P. The molecule has 45 heavy (non-hydrogen) atoms. The fourth-order valence-electron chi connectivity index (χ4n) is 4.62. The molecule has 2 atom stereocenters. The first-order chi connectivity index (χ1) is 21.8. The van der Waals surface area contributed by atoms with Gasteiger partial charge in [-0.15, -0.1) is 0 Å². The number of hydrogen-bond acceptors (Lipinski definition) is 8. The second-order valence-electron chi connectivity index (χ2n) is 11.7. The van der Waals surface area contributed by atoms with E-state index in [1.807, 2.05) is 0 Å². The normalized spacial score (nSPS) is 13.8. The van der Waals surface area contributed by atoms with E-state index in [4.69, 9.17) is 24.3 Å². The smallest absolute Gasteiger partial charge is 0.462 e. The van der Waals surface area contributed by atoms with Gasteiger partial charge in [0.2, 0.25) is 0 Å². The summed E-state index contributed by atoms with van der Waals surface area (Å²) in [4.78, 5) is 34.6. The third-order valence-electron chi connectivity index (χ3n) is 7.31. The molecule has 0 saturated heterocycles. The molecule has 0 aromatic rings. The molecule has 0 aromatic heterocycles. The van der Waals surface area contributed by atoms with Crippen molar-refractivity contribution >= 4 is 19.8 Å². The Kier molecular flexibility index (Phi) is 31.3. The predicted octanol–water partition coefficient (Wildman–Crippen LogP) is 9.27. The van der Waals surface area contributed by atoms with Crippen LogP contribution in [0.3, 0.4) is 0 Å². The Hall–Kier alpha value is -1.51. The Morgan fingerprint density at radius 1 is 0.644 bits per heavy atom. The molecule has 0 aromatic carbocycles. The first-order valence-electron chi connectivity index (χ1n) is 17.8. The molecule has 0 heterocycles. The molecule has 9 nitrogen and oxygen atoms in total. The number of nitrogens with two attached hydrogens (primary N) is 1. The zero-order valence-electron chi connectivity index (χ0n) is 28.6. The molecule has 1 unspecified atom stereocenters. The van der Waals surface area contributed by atoms with Gasteiger partial charge in [0.25, 0.3) is 0 Å². The summed E-state index contributed by atoms with van der Waals surface area (Å²) in [6, 6.07) is 0. The van der Waals surface area contributed by atoms with Crippen molar-refractivity contribution in [1.29, 1.82) is 0 Å². The number of allylic oxidation sites excluding steroid dienone is 4. The van der Waals surface area contributed by atoms with Crippen LogP contribution in [0.5, 0.6) is 0 Å². The zero-order chi connectivity index (χ0) is 33.3. The highest BCUT2D eigenvalue weighted by molar-refractivity contribution is 7.47. The van der Waals surface area contributed by atoms with E-state index < -0.39 is 32.5 Å². The first kappa shape index (κ1) is 43.5. The lowest BCUT2D eigenvalue weighted by Crippen LogP contribution is -2.29. The van der Waals surface area contributed by atoms with E-state index in [1.54, 1.807) is 0 Å². The number of carbonyl (C=O) groups excluding carboxylic acids is 2. The highest BCUT2D eigenvalue weighted by Gasteiger charge is 2.25. The topological polar surface area (TPSA) is 134 Å². The van der Waals surface area contributed by atoms with Gasteiger partial charge in [0.05, 0.1) is 13.2 Å². The van der Waals surface area contributed by atoms with Crippen LogP contribution in [0, 0.1) is 0 Å². The fraction of sp³-hybridized carbons (Fsp3) is 0.829. The van der Waals surface area contributed by atoms with E-state index >= 15 is 0 Å². The lowest BCUT2D eigenvalue weighted by atomic mass is 10.1. The number of unbranched alkanes of at least 4 members (excludes halogenated alkanes) is 16. The van der Waals surface area contributed by atoms with Crippen LogP contribution in [-0.4, -0.2) is 49.3 Å². The lowest BCUT2D eigenvalue weighted by Gasteiger charge is -2.19. The van der Waals surface area contributed by atoms with Gasteiger partial charge in [-0.2, -0.15) is 0 Å². The number of carbonyl (C=O) groups is 2. The van der Waals surface area contributed by atoms with Gasteiger partial charge in [-0.25, -0.2) is 4.57 Å². The van der Waals surface area contributed by atoms with Crippen LogP contribution in [0.1, 0.15) is 155 Å². The molecule has 0 aliphatic rings. The van der Waals surface area contributed by atoms with Gasteiger partial charge in [0.15, 0.2) is 6.10 Å². The molecule has 0 aliphatic heterocycles. The van der Waals surface area contributed by atoms with E-state index in [-0.39, 0.29) is 32.6 Å². The van der Waals surface area contributed by atoms with Gasteiger partial charge in [-0.05, 0) is 64.2 Å². The van der Waals surface area contributed by atoms with Crippen LogP contribution in [0.25, 0.3) is 0 Å². The number of ether oxygens (including phenoxy) is 2. The second-order valence-corrected chi connectivity index (χ2v) is 13.2. The average molecular weight is 660 g/mol. The quantitative estimate of drug-likeness (QED) is 0.0306. The van der Waals surface area contributed by atoms with Crippen molar-refractivity contribution < 1.29 is 37.6 Å². The largest absolute Gasteiger partial charge is 0.472 e. The van der Waals surface area contributed by atoms with E-state index in [0.717, 1.165) is 77.0 Å². The Bertz CT molecular complexity index is 805. The predicted molar refractivity (Wildman–Crippen MR) is 183 cm³/mol. The maximum atomic E-state index is 12.5. The number of phosphoric ester groups is 1. The lowest BCUT2D eigenvalue weighted by molar-refractivity contribution is -0.161. The van der Waals surface area contributed by atoms with Crippen LogP contribution >= 0.6 is 7.82 Å². The summed E-state index contributed by atoms with van der Waals surface area (Å²) in [5.41, 5.74) is 5.32. The van der Waals surface area contributed by atoms with Crippen molar-refractivity contribution in [3.05, 3.63) is 24.3 Å². The molecule has 10 heteroatoms. The Morgan fingerprint density at radius 3 is 1.58 bits per heavy atom. The van der Waals surface area contributed by atoms with Gasteiger partial charge >= 0.3 is 19.8 Å². The summed E-state index contributed by atoms with van der Waals surface area (Å²) >= 11 is 0. The van der Waals surface area contributed by atoms with Crippen molar-refractivity contribution in [2.45, 2.75) is 161 Å². The molecule has 0 radical (unpaired) electrons. The number of hydrogen-bond donors (Lipinski definition) is 2. The summed E-state index contributed by atoms with van der Waals surface area (Å²) in [6.07, 6.45) is 30.6. The summed E-state index contributed by atoms with van der Waals surface area (Å²) in [7, 11) is -4.37.